The van der Waals surface area contributed by atoms with E-state index in [0.29, 0.717) is 25.8 Å². The van der Waals surface area contributed by atoms with Crippen molar-refractivity contribution in [2.75, 3.05) is 6.54 Å². The van der Waals surface area contributed by atoms with Crippen LogP contribution in [-0.4, -0.2) is 70.7 Å². The van der Waals surface area contributed by atoms with Gasteiger partial charge in [-0.15, -0.1) is 0 Å². The summed E-state index contributed by atoms with van der Waals surface area (Å²) >= 11 is 0. The Hall–Kier alpha value is -2.40. The molecule has 6 atom stereocenters. The van der Waals surface area contributed by atoms with Crippen LogP contribution in [0.25, 0.3) is 0 Å². The van der Waals surface area contributed by atoms with Crippen LogP contribution in [0.4, 0.5) is 9.59 Å². The number of ketones is 1. The van der Waals surface area contributed by atoms with Crippen molar-refractivity contribution >= 4 is 24.0 Å². The van der Waals surface area contributed by atoms with Crippen LogP contribution in [0.2, 0.25) is 0 Å². The number of hydrogen-bond acceptors (Lipinski definition) is 8. The van der Waals surface area contributed by atoms with Crippen LogP contribution >= 0.6 is 0 Å². The molecule has 0 aromatic rings. The van der Waals surface area contributed by atoms with Crippen molar-refractivity contribution in [2.45, 2.75) is 109 Å². The molecule has 2 fully saturated rings. The molecule has 0 bridgehead atoms. The number of nitrogens with one attached hydrogen (secondary N) is 3. The smallest absolute Gasteiger partial charge is 0.480 e. The third kappa shape index (κ3) is 9.64. The Bertz CT molecular complexity index is 754. The average molecular weight is 500 g/mol. The fraction of sp³-hybridized carbons (Fsp3) is 0.833. The molecule has 1 saturated heterocycles. The van der Waals surface area contributed by atoms with Crippen molar-refractivity contribution < 1.29 is 38.9 Å². The monoisotopic (exact) mass is 499 g/mol. The quantitative estimate of drug-likeness (QED) is 0.211. The van der Waals surface area contributed by atoms with Gasteiger partial charge in [0, 0.05) is 13.0 Å². The number of alkyl carbamates (subject to hydrolysis) is 1. The number of carbonyl (C=O) groups is 4. The Balaban J connectivity index is 1.88. The second kappa shape index (κ2) is 13.1. The van der Waals surface area contributed by atoms with Crippen molar-refractivity contribution in [2.24, 2.45) is 11.8 Å². The summed E-state index contributed by atoms with van der Waals surface area (Å²) in [6.07, 6.45) is 3.11. The van der Waals surface area contributed by atoms with Crippen LogP contribution < -0.4 is 16.0 Å². The minimum Gasteiger partial charge on any atom is -0.480 e. The van der Waals surface area contributed by atoms with Gasteiger partial charge in [-0.25, -0.2) is 9.59 Å². The Morgan fingerprint density at radius 2 is 1.77 bits per heavy atom. The van der Waals surface area contributed by atoms with E-state index in [1.54, 1.807) is 27.7 Å². The molecule has 2 aliphatic rings. The Kier molecular flexibility index (Phi) is 10.8. The molecule has 0 radical (unpaired) electrons. The van der Waals surface area contributed by atoms with Crippen LogP contribution in [0.1, 0.15) is 79.1 Å². The first kappa shape index (κ1) is 28.8. The third-order valence-corrected chi connectivity index (χ3v) is 6.59. The largest absolute Gasteiger partial charge is 0.507 e. The van der Waals surface area contributed by atoms with Gasteiger partial charge in [-0.05, 0) is 71.6 Å². The van der Waals surface area contributed by atoms with Gasteiger partial charge in [0.15, 0.2) is 12.0 Å². The maximum atomic E-state index is 13.3. The lowest BCUT2D eigenvalue weighted by molar-refractivity contribution is -0.140. The zero-order valence-corrected chi connectivity index (χ0v) is 21.2. The van der Waals surface area contributed by atoms with Crippen LogP contribution in [-0.2, 0) is 19.1 Å². The van der Waals surface area contributed by atoms with Crippen LogP contribution in [0, 0.1) is 11.8 Å². The van der Waals surface area contributed by atoms with Gasteiger partial charge in [-0.3, -0.25) is 20.2 Å². The number of carbonyl (C=O) groups excluding carboxylic acids is 2. The van der Waals surface area contributed by atoms with Gasteiger partial charge >= 0.3 is 18.2 Å². The molecule has 5 unspecified atom stereocenters. The predicted octanol–water partition coefficient (Wildman–Crippen LogP) is 2.87. The number of carboxylic acids is 1. The van der Waals surface area contributed by atoms with E-state index in [4.69, 9.17) is 14.6 Å². The second-order valence-electron chi connectivity index (χ2n) is 10.6. The number of unbranched alkanes of at least 4 members (excludes halogenated alkanes) is 1. The average Bonchev–Trinajstić information content (AvgIpc) is 2.75. The van der Waals surface area contributed by atoms with Gasteiger partial charge in [0.05, 0.1) is 12.1 Å². The highest BCUT2D eigenvalue weighted by Gasteiger charge is 2.44. The Labute approximate surface area is 206 Å². The molecular formula is C24H41N3O8. The van der Waals surface area contributed by atoms with E-state index < -0.39 is 48.2 Å². The number of carboxylic acid groups (broad SMARTS) is 2. The van der Waals surface area contributed by atoms with Crippen molar-refractivity contribution in [3.63, 3.8) is 0 Å². The topological polar surface area (TPSA) is 163 Å². The fourth-order valence-corrected chi connectivity index (χ4v) is 5.04. The first-order chi connectivity index (χ1) is 16.4. The van der Waals surface area contributed by atoms with Gasteiger partial charge in [0.1, 0.15) is 11.6 Å². The molecule has 35 heavy (non-hydrogen) atoms. The Morgan fingerprint density at radius 1 is 1.09 bits per heavy atom. The fourth-order valence-electron chi connectivity index (χ4n) is 5.04. The summed E-state index contributed by atoms with van der Waals surface area (Å²) in [5, 5.41) is 27.3. The lowest BCUT2D eigenvalue weighted by Gasteiger charge is -2.44. The summed E-state index contributed by atoms with van der Waals surface area (Å²) in [5.41, 5.74) is -0.588. The molecule has 11 heteroatoms. The zero-order valence-electron chi connectivity index (χ0n) is 21.2. The van der Waals surface area contributed by atoms with Gasteiger partial charge < -0.3 is 25.0 Å². The van der Waals surface area contributed by atoms with E-state index in [-0.39, 0.29) is 24.0 Å². The summed E-state index contributed by atoms with van der Waals surface area (Å²) in [4.78, 5) is 47.9. The molecular weight excluding hydrogens is 458 g/mol. The lowest BCUT2D eigenvalue weighted by Crippen LogP contribution is -2.61. The molecule has 11 nitrogen and oxygen atoms in total. The third-order valence-electron chi connectivity index (χ3n) is 6.59. The maximum Gasteiger partial charge on any atom is 0.507 e. The van der Waals surface area contributed by atoms with E-state index in [1.807, 2.05) is 0 Å². The van der Waals surface area contributed by atoms with Crippen molar-refractivity contribution in [3.05, 3.63) is 0 Å². The number of piperidine rings is 1. The van der Waals surface area contributed by atoms with Crippen molar-refractivity contribution in [1.82, 2.24) is 16.0 Å². The molecule has 1 aliphatic heterocycles. The second-order valence-corrected chi connectivity index (χ2v) is 10.6. The summed E-state index contributed by atoms with van der Waals surface area (Å²) in [6, 6.07) is -2.25. The van der Waals surface area contributed by atoms with Crippen LogP contribution in [0.5, 0.6) is 0 Å². The standard InChI is InChI=1S/C24H41N3O8/c1-14(26-17(21(29)30)11-7-8-12-25-22(31)35-24(2,3)4)20(28)19-16-10-6-5-9-15(16)13-18(27-19)34-23(32)33/h14-19,26-27H,5-13H2,1-4H3,(H,25,31)(H,29,30)(H,32,33)/t14-,15?,16?,17?,18?,19?/m0/s1. The van der Waals surface area contributed by atoms with Crippen LogP contribution in [0.3, 0.4) is 0 Å². The molecule has 200 valence electrons. The number of ether oxygens (including phenoxy) is 2. The highest BCUT2D eigenvalue weighted by molar-refractivity contribution is 5.90. The molecule has 1 heterocycles. The molecule has 1 aliphatic carbocycles. The predicted molar refractivity (Wildman–Crippen MR) is 127 cm³/mol. The number of fused-ring (bicyclic) bond motifs is 1. The molecule has 1 amide bonds. The normalized spacial score (nSPS) is 26.1. The lowest BCUT2D eigenvalue weighted by atomic mass is 9.69. The van der Waals surface area contributed by atoms with E-state index in [2.05, 4.69) is 16.0 Å². The number of hydrogen-bond donors (Lipinski definition) is 5. The molecule has 0 aromatic carbocycles. The number of Topliss-reactive ketones (excluding diaryl/α,β-unsaturated/α-hetero) is 1. The molecule has 1 saturated carbocycles. The van der Waals surface area contributed by atoms with Crippen LogP contribution in [0.15, 0.2) is 0 Å². The zero-order chi connectivity index (χ0) is 26.2. The molecule has 2 rings (SSSR count). The minimum atomic E-state index is -1.39. The van der Waals surface area contributed by atoms with E-state index >= 15 is 0 Å². The number of rotatable bonds is 11. The van der Waals surface area contributed by atoms with Gasteiger partial charge in [0.25, 0.3) is 0 Å². The SMILES string of the molecule is C[C@H](NC(CCCCNC(=O)OC(C)(C)C)C(=O)O)C(=O)C1NC(OC(=O)O)CC2CCCCC21. The summed E-state index contributed by atoms with van der Waals surface area (Å²) < 4.78 is 10.1. The van der Waals surface area contributed by atoms with E-state index in [0.717, 1.165) is 25.7 Å². The van der Waals surface area contributed by atoms with E-state index in [1.165, 1.54) is 0 Å². The van der Waals surface area contributed by atoms with E-state index in [9.17, 15) is 24.3 Å². The first-order valence-electron chi connectivity index (χ1n) is 12.5. The molecule has 0 aromatic heterocycles. The highest BCUT2D eigenvalue weighted by Crippen LogP contribution is 2.39. The minimum absolute atomic E-state index is 0.0800. The van der Waals surface area contributed by atoms with Crippen molar-refractivity contribution in [3.8, 4) is 0 Å². The highest BCUT2D eigenvalue weighted by atomic mass is 16.7. The van der Waals surface area contributed by atoms with Crippen molar-refractivity contribution in [1.29, 1.82) is 0 Å². The summed E-state index contributed by atoms with van der Waals surface area (Å²) in [6.45, 7) is 7.32. The number of amides is 1. The van der Waals surface area contributed by atoms with Gasteiger partial charge in [-0.1, -0.05) is 12.8 Å². The van der Waals surface area contributed by atoms with Gasteiger partial charge in [-0.2, -0.15) is 0 Å². The summed E-state index contributed by atoms with van der Waals surface area (Å²) in [7, 11) is 0. The Morgan fingerprint density at radius 3 is 2.40 bits per heavy atom. The van der Waals surface area contributed by atoms with Gasteiger partial charge in [0.2, 0.25) is 0 Å². The molecule has 0 spiro atoms. The molecule has 5 N–H and O–H groups in total. The first-order valence-corrected chi connectivity index (χ1v) is 12.5. The summed E-state index contributed by atoms with van der Waals surface area (Å²) in [5.74, 6) is -0.956. The maximum absolute atomic E-state index is 13.3. The number of aliphatic carboxylic acids is 1.